The van der Waals surface area contributed by atoms with Crippen LogP contribution in [0.5, 0.6) is 0 Å². The molecule has 0 aliphatic heterocycles. The Bertz CT molecular complexity index is 1110. The molecule has 152 valence electrons. The van der Waals surface area contributed by atoms with Gasteiger partial charge in [-0.25, -0.2) is 4.39 Å². The van der Waals surface area contributed by atoms with E-state index < -0.39 is 0 Å². The van der Waals surface area contributed by atoms with Crippen molar-refractivity contribution >= 4 is 17.7 Å². The zero-order chi connectivity index (χ0) is 20.9. The molecule has 0 fully saturated rings. The number of carbonyl (C=O) groups is 1. The van der Waals surface area contributed by atoms with Gasteiger partial charge in [0.15, 0.2) is 11.0 Å². The first-order valence-corrected chi connectivity index (χ1v) is 10.3. The van der Waals surface area contributed by atoms with Crippen molar-refractivity contribution in [1.29, 1.82) is 0 Å². The first-order valence-electron chi connectivity index (χ1n) is 9.28. The predicted octanol–water partition coefficient (Wildman–Crippen LogP) is 4.42. The summed E-state index contributed by atoms with van der Waals surface area (Å²) in [6, 6.07) is 19.4. The molecule has 0 N–H and O–H groups in total. The second-order valence-electron chi connectivity index (χ2n) is 6.60. The Labute approximate surface area is 177 Å². The maximum atomic E-state index is 13.4. The van der Waals surface area contributed by atoms with E-state index in [1.807, 2.05) is 41.0 Å². The second-order valence-corrected chi connectivity index (χ2v) is 7.54. The average molecular weight is 422 g/mol. The van der Waals surface area contributed by atoms with Gasteiger partial charge in [0.25, 0.3) is 0 Å². The van der Waals surface area contributed by atoms with E-state index in [0.717, 1.165) is 17.0 Å². The van der Waals surface area contributed by atoms with Crippen molar-refractivity contribution in [1.82, 2.24) is 19.7 Å². The van der Waals surface area contributed by atoms with Crippen LogP contribution in [0.15, 0.2) is 82.6 Å². The standard InChI is InChI=1S/C22H19FN4O2S/c1-26(14-19-8-5-13-29-19)20(28)15-30-22-25-24-21(16-9-11-17(23)12-10-16)27(22)18-6-3-2-4-7-18/h2-13H,14-15H2,1H3. The van der Waals surface area contributed by atoms with Gasteiger partial charge in [0, 0.05) is 18.3 Å². The Kier molecular flexibility index (Phi) is 5.94. The Hall–Kier alpha value is -3.39. The highest BCUT2D eigenvalue weighted by atomic mass is 32.2. The van der Waals surface area contributed by atoms with Crippen LogP contribution in [-0.2, 0) is 11.3 Å². The van der Waals surface area contributed by atoms with Gasteiger partial charge in [-0.15, -0.1) is 10.2 Å². The lowest BCUT2D eigenvalue weighted by atomic mass is 10.2. The van der Waals surface area contributed by atoms with Crippen LogP contribution in [0.3, 0.4) is 0 Å². The summed E-state index contributed by atoms with van der Waals surface area (Å²) in [5.74, 6) is 1.14. The summed E-state index contributed by atoms with van der Waals surface area (Å²) in [5.41, 5.74) is 1.60. The minimum Gasteiger partial charge on any atom is -0.467 e. The maximum Gasteiger partial charge on any atom is 0.233 e. The molecule has 4 rings (SSSR count). The molecule has 4 aromatic rings. The lowest BCUT2D eigenvalue weighted by Gasteiger charge is -2.15. The van der Waals surface area contributed by atoms with Crippen LogP contribution in [0, 0.1) is 5.82 Å². The fraction of sp³-hybridized carbons (Fsp3) is 0.136. The second kappa shape index (κ2) is 8.96. The molecule has 0 spiro atoms. The zero-order valence-corrected chi connectivity index (χ0v) is 17.1. The number of hydrogen-bond acceptors (Lipinski definition) is 5. The number of hydrogen-bond donors (Lipinski definition) is 0. The Morgan fingerprint density at radius 1 is 1.07 bits per heavy atom. The van der Waals surface area contributed by atoms with E-state index in [0.29, 0.717) is 17.5 Å². The van der Waals surface area contributed by atoms with Crippen molar-refractivity contribution in [2.75, 3.05) is 12.8 Å². The van der Waals surface area contributed by atoms with Crippen LogP contribution in [0.2, 0.25) is 0 Å². The molecular formula is C22H19FN4O2S. The third-order valence-electron chi connectivity index (χ3n) is 4.47. The monoisotopic (exact) mass is 422 g/mol. The first kappa shape index (κ1) is 19.9. The molecule has 0 atom stereocenters. The molecule has 0 unspecified atom stereocenters. The highest BCUT2D eigenvalue weighted by Gasteiger charge is 2.18. The van der Waals surface area contributed by atoms with Crippen LogP contribution in [-0.4, -0.2) is 38.4 Å². The van der Waals surface area contributed by atoms with Crippen LogP contribution < -0.4 is 0 Å². The van der Waals surface area contributed by atoms with Gasteiger partial charge in [0.1, 0.15) is 11.6 Å². The van der Waals surface area contributed by atoms with Crippen molar-refractivity contribution in [2.45, 2.75) is 11.7 Å². The fourth-order valence-corrected chi connectivity index (χ4v) is 3.81. The van der Waals surface area contributed by atoms with E-state index >= 15 is 0 Å². The zero-order valence-electron chi connectivity index (χ0n) is 16.2. The van der Waals surface area contributed by atoms with Crippen LogP contribution >= 0.6 is 11.8 Å². The summed E-state index contributed by atoms with van der Waals surface area (Å²) in [4.78, 5) is 14.2. The first-order chi connectivity index (χ1) is 14.6. The highest BCUT2D eigenvalue weighted by Crippen LogP contribution is 2.28. The van der Waals surface area contributed by atoms with Crippen LogP contribution in [0.25, 0.3) is 17.1 Å². The van der Waals surface area contributed by atoms with Gasteiger partial charge >= 0.3 is 0 Å². The quantitative estimate of drug-likeness (QED) is 0.413. The van der Waals surface area contributed by atoms with Crippen molar-refractivity contribution in [3.63, 3.8) is 0 Å². The molecule has 2 heterocycles. The number of halogens is 1. The average Bonchev–Trinajstić information content (AvgIpc) is 3.43. The Balaban J connectivity index is 1.57. The molecule has 0 aliphatic rings. The van der Waals surface area contributed by atoms with Gasteiger partial charge in [-0.05, 0) is 48.5 Å². The summed E-state index contributed by atoms with van der Waals surface area (Å²) in [7, 11) is 1.73. The SMILES string of the molecule is CN(Cc1ccco1)C(=O)CSc1nnc(-c2ccc(F)cc2)n1-c1ccccc1. The number of benzene rings is 2. The molecule has 2 aromatic carbocycles. The normalized spacial score (nSPS) is 10.9. The molecule has 30 heavy (non-hydrogen) atoms. The summed E-state index contributed by atoms with van der Waals surface area (Å²) >= 11 is 1.30. The van der Waals surface area contributed by atoms with Crippen molar-refractivity contribution < 1.29 is 13.6 Å². The van der Waals surface area contributed by atoms with Gasteiger partial charge in [0.05, 0.1) is 18.6 Å². The summed E-state index contributed by atoms with van der Waals surface area (Å²) < 4.78 is 20.5. The summed E-state index contributed by atoms with van der Waals surface area (Å²) in [5, 5.41) is 9.18. The van der Waals surface area contributed by atoms with E-state index in [9.17, 15) is 9.18 Å². The molecule has 0 radical (unpaired) electrons. The number of para-hydroxylation sites is 1. The molecule has 1 amide bonds. The van der Waals surface area contributed by atoms with Gasteiger partial charge in [0.2, 0.25) is 5.91 Å². The van der Waals surface area contributed by atoms with Gasteiger partial charge < -0.3 is 9.32 Å². The van der Waals surface area contributed by atoms with E-state index in [2.05, 4.69) is 10.2 Å². The lowest BCUT2D eigenvalue weighted by Crippen LogP contribution is -2.27. The number of carbonyl (C=O) groups excluding carboxylic acids is 1. The van der Waals surface area contributed by atoms with Crippen molar-refractivity contribution in [3.8, 4) is 17.1 Å². The van der Waals surface area contributed by atoms with Crippen LogP contribution in [0.4, 0.5) is 4.39 Å². The number of aromatic nitrogens is 3. The van der Waals surface area contributed by atoms with E-state index in [1.165, 1.54) is 23.9 Å². The van der Waals surface area contributed by atoms with Crippen molar-refractivity contribution in [3.05, 3.63) is 84.6 Å². The fourth-order valence-electron chi connectivity index (χ4n) is 2.92. The van der Waals surface area contributed by atoms with Crippen LogP contribution in [0.1, 0.15) is 5.76 Å². The molecular weight excluding hydrogens is 403 g/mol. The van der Waals surface area contributed by atoms with E-state index in [-0.39, 0.29) is 17.5 Å². The molecule has 0 bridgehead atoms. The largest absolute Gasteiger partial charge is 0.467 e. The minimum absolute atomic E-state index is 0.0534. The number of furan rings is 1. The molecule has 0 saturated carbocycles. The topological polar surface area (TPSA) is 64.2 Å². The third kappa shape index (κ3) is 4.44. The number of nitrogens with zero attached hydrogens (tertiary/aromatic N) is 4. The van der Waals surface area contributed by atoms with Gasteiger partial charge in [-0.2, -0.15) is 0 Å². The summed E-state index contributed by atoms with van der Waals surface area (Å²) in [6.07, 6.45) is 1.59. The van der Waals surface area contributed by atoms with Gasteiger partial charge in [-0.1, -0.05) is 30.0 Å². The third-order valence-corrected chi connectivity index (χ3v) is 5.39. The minimum atomic E-state index is -0.315. The molecule has 6 nitrogen and oxygen atoms in total. The smallest absolute Gasteiger partial charge is 0.233 e. The highest BCUT2D eigenvalue weighted by molar-refractivity contribution is 7.99. The molecule has 0 aliphatic carbocycles. The Morgan fingerprint density at radius 3 is 2.53 bits per heavy atom. The van der Waals surface area contributed by atoms with Gasteiger partial charge in [-0.3, -0.25) is 9.36 Å². The lowest BCUT2D eigenvalue weighted by molar-refractivity contribution is -0.127. The molecule has 0 saturated heterocycles. The van der Waals surface area contributed by atoms with E-state index in [4.69, 9.17) is 4.42 Å². The predicted molar refractivity (Wildman–Crippen MR) is 113 cm³/mol. The summed E-state index contributed by atoms with van der Waals surface area (Å²) in [6.45, 7) is 0.401. The number of rotatable bonds is 7. The van der Waals surface area contributed by atoms with E-state index in [1.54, 1.807) is 36.4 Å². The number of amides is 1. The molecule has 8 heteroatoms. The number of thioether (sulfide) groups is 1. The Morgan fingerprint density at radius 2 is 1.83 bits per heavy atom. The van der Waals surface area contributed by atoms with Crippen molar-refractivity contribution in [2.24, 2.45) is 0 Å². The molecule has 2 aromatic heterocycles. The maximum absolute atomic E-state index is 13.4.